The number of allylic oxidation sites excluding steroid dienone is 1. The van der Waals surface area contributed by atoms with Gasteiger partial charge in [-0.2, -0.15) is 0 Å². The van der Waals surface area contributed by atoms with E-state index < -0.39 is 11.4 Å². The predicted molar refractivity (Wildman–Crippen MR) is 103 cm³/mol. The van der Waals surface area contributed by atoms with Crippen molar-refractivity contribution in [1.29, 1.82) is 5.41 Å². The van der Waals surface area contributed by atoms with Crippen molar-refractivity contribution < 1.29 is 9.90 Å². The molecule has 1 unspecified atom stereocenters. The number of carboxylic acids is 1. The van der Waals surface area contributed by atoms with Gasteiger partial charge in [0.25, 0.3) is 0 Å². The highest BCUT2D eigenvalue weighted by atomic mass is 16.4. The maximum absolute atomic E-state index is 11.1. The zero-order valence-electron chi connectivity index (χ0n) is 16.1. The molecule has 142 valence electrons. The molecule has 0 aromatic carbocycles. The molecule has 0 fully saturated rings. The predicted octanol–water partition coefficient (Wildman–Crippen LogP) is 3.36. The van der Waals surface area contributed by atoms with Gasteiger partial charge in [0, 0.05) is 36.3 Å². The van der Waals surface area contributed by atoms with E-state index in [4.69, 9.17) is 10.5 Å². The van der Waals surface area contributed by atoms with Crippen molar-refractivity contribution in [3.8, 4) is 0 Å². The van der Waals surface area contributed by atoms with Crippen LogP contribution in [-0.2, 0) is 11.2 Å². The van der Waals surface area contributed by atoms with Crippen LogP contribution in [0.5, 0.6) is 0 Å². The molecule has 1 aromatic rings. The first-order valence-electron chi connectivity index (χ1n) is 9.20. The van der Waals surface area contributed by atoms with Crippen LogP contribution in [0.15, 0.2) is 30.4 Å². The quantitative estimate of drug-likeness (QED) is 0.620. The van der Waals surface area contributed by atoms with Crippen LogP contribution in [0.25, 0.3) is 0 Å². The number of nitrogens with one attached hydrogen (secondary N) is 2. The average Bonchev–Trinajstić information content (AvgIpc) is 2.62. The zero-order chi connectivity index (χ0) is 19.3. The number of aromatic nitrogens is 1. The topological polar surface area (TPSA) is 89.3 Å². The molecular weight excluding hydrogens is 328 g/mol. The smallest absolute Gasteiger partial charge is 0.303 e. The SMILES string of the molecule is CCc1cccc(C(C)NN(C)[C@@H]2CC=CC(=N)[C@]2(C)CCC(=O)O)n1. The summed E-state index contributed by atoms with van der Waals surface area (Å²) in [7, 11) is 1.97. The van der Waals surface area contributed by atoms with Gasteiger partial charge in [0.2, 0.25) is 0 Å². The highest BCUT2D eigenvalue weighted by molar-refractivity contribution is 5.98. The average molecular weight is 358 g/mol. The van der Waals surface area contributed by atoms with Gasteiger partial charge in [-0.3, -0.25) is 9.78 Å². The molecule has 2 rings (SSSR count). The highest BCUT2D eigenvalue weighted by Gasteiger charge is 2.41. The summed E-state index contributed by atoms with van der Waals surface area (Å²) in [6.45, 7) is 6.15. The van der Waals surface area contributed by atoms with E-state index in [-0.39, 0.29) is 18.5 Å². The molecule has 1 aromatic heterocycles. The Morgan fingerprint density at radius 3 is 2.92 bits per heavy atom. The van der Waals surface area contributed by atoms with E-state index >= 15 is 0 Å². The van der Waals surface area contributed by atoms with Crippen LogP contribution in [0.4, 0.5) is 0 Å². The van der Waals surface area contributed by atoms with Gasteiger partial charge in [-0.1, -0.05) is 26.0 Å². The number of nitrogens with zero attached hydrogens (tertiary/aromatic N) is 2. The first kappa shape index (κ1) is 20.3. The minimum Gasteiger partial charge on any atom is -0.481 e. The second-order valence-corrected chi connectivity index (χ2v) is 7.25. The molecule has 6 heteroatoms. The Bertz CT molecular complexity index is 688. The van der Waals surface area contributed by atoms with Crippen molar-refractivity contribution >= 4 is 11.7 Å². The summed E-state index contributed by atoms with van der Waals surface area (Å²) in [5.41, 5.74) is 5.49. The van der Waals surface area contributed by atoms with E-state index in [1.54, 1.807) is 0 Å². The maximum Gasteiger partial charge on any atom is 0.303 e. The Kier molecular flexibility index (Phi) is 6.67. The first-order chi connectivity index (χ1) is 12.3. The van der Waals surface area contributed by atoms with Crippen LogP contribution in [0.1, 0.15) is 57.5 Å². The maximum atomic E-state index is 11.1. The Labute approximate surface area is 155 Å². The molecule has 1 heterocycles. The molecule has 1 aliphatic rings. The van der Waals surface area contributed by atoms with Crippen molar-refractivity contribution in [2.75, 3.05) is 7.05 Å². The molecule has 0 saturated carbocycles. The van der Waals surface area contributed by atoms with E-state index in [1.807, 2.05) is 49.3 Å². The van der Waals surface area contributed by atoms with E-state index in [0.717, 1.165) is 24.2 Å². The monoisotopic (exact) mass is 358 g/mol. The minimum atomic E-state index is -0.822. The molecule has 0 bridgehead atoms. The fraction of sp³-hybridized carbons (Fsp3) is 0.550. The summed E-state index contributed by atoms with van der Waals surface area (Å²) in [6.07, 6.45) is 5.98. The molecule has 0 aliphatic heterocycles. The van der Waals surface area contributed by atoms with Crippen molar-refractivity contribution in [3.63, 3.8) is 0 Å². The number of carboxylic acid groups (broad SMARTS) is 1. The number of aryl methyl sites for hydroxylation is 1. The summed E-state index contributed by atoms with van der Waals surface area (Å²) >= 11 is 0. The van der Waals surface area contributed by atoms with Gasteiger partial charge in [0.1, 0.15) is 0 Å². The van der Waals surface area contributed by atoms with Gasteiger partial charge in [-0.05, 0) is 44.4 Å². The molecule has 0 spiro atoms. The summed E-state index contributed by atoms with van der Waals surface area (Å²) in [6, 6.07) is 6.09. The molecular formula is C20H30N4O2. The van der Waals surface area contributed by atoms with Crippen LogP contribution >= 0.6 is 0 Å². The lowest BCUT2D eigenvalue weighted by atomic mass is 9.70. The summed E-state index contributed by atoms with van der Waals surface area (Å²) in [5, 5.41) is 19.5. The second-order valence-electron chi connectivity index (χ2n) is 7.25. The minimum absolute atomic E-state index is 0.0103. The molecule has 1 aliphatic carbocycles. The van der Waals surface area contributed by atoms with Crippen LogP contribution in [-0.4, -0.2) is 39.9 Å². The van der Waals surface area contributed by atoms with E-state index in [0.29, 0.717) is 12.1 Å². The third-order valence-electron chi connectivity index (χ3n) is 5.35. The van der Waals surface area contributed by atoms with Gasteiger partial charge in [-0.15, -0.1) is 0 Å². The first-order valence-corrected chi connectivity index (χ1v) is 9.20. The van der Waals surface area contributed by atoms with Crippen molar-refractivity contribution in [1.82, 2.24) is 15.4 Å². The molecule has 0 saturated heterocycles. The van der Waals surface area contributed by atoms with Crippen LogP contribution in [0.3, 0.4) is 0 Å². The summed E-state index contributed by atoms with van der Waals surface area (Å²) < 4.78 is 0. The second kappa shape index (κ2) is 8.56. The van der Waals surface area contributed by atoms with Crippen LogP contribution in [0, 0.1) is 10.8 Å². The Hall–Kier alpha value is -2.05. The Morgan fingerprint density at radius 2 is 2.27 bits per heavy atom. The lowest BCUT2D eigenvalue weighted by molar-refractivity contribution is -0.137. The third kappa shape index (κ3) is 4.56. The van der Waals surface area contributed by atoms with Gasteiger partial charge < -0.3 is 10.5 Å². The zero-order valence-corrected chi connectivity index (χ0v) is 16.1. The molecule has 0 radical (unpaired) electrons. The fourth-order valence-corrected chi connectivity index (χ4v) is 3.60. The molecule has 0 amide bonds. The number of hydrazine groups is 1. The van der Waals surface area contributed by atoms with Gasteiger partial charge in [0.15, 0.2) is 0 Å². The molecule has 26 heavy (non-hydrogen) atoms. The largest absolute Gasteiger partial charge is 0.481 e. The van der Waals surface area contributed by atoms with E-state index in [1.165, 1.54) is 0 Å². The lowest BCUT2D eigenvalue weighted by Crippen LogP contribution is -2.55. The molecule has 6 nitrogen and oxygen atoms in total. The number of hydrogen-bond donors (Lipinski definition) is 3. The Balaban J connectivity index is 2.14. The number of aliphatic carboxylic acids is 1. The number of hydrogen-bond acceptors (Lipinski definition) is 5. The molecule has 3 N–H and O–H groups in total. The Morgan fingerprint density at radius 1 is 1.54 bits per heavy atom. The van der Waals surface area contributed by atoms with E-state index in [9.17, 15) is 4.79 Å². The normalized spacial score (nSPS) is 24.0. The highest BCUT2D eigenvalue weighted by Crippen LogP contribution is 2.37. The lowest BCUT2D eigenvalue weighted by Gasteiger charge is -2.45. The van der Waals surface area contributed by atoms with E-state index in [2.05, 4.69) is 24.3 Å². The molecule has 3 atom stereocenters. The number of pyridine rings is 1. The third-order valence-corrected chi connectivity index (χ3v) is 5.35. The number of carbonyl (C=O) groups is 1. The van der Waals surface area contributed by atoms with Crippen molar-refractivity contribution in [2.24, 2.45) is 5.41 Å². The van der Waals surface area contributed by atoms with Gasteiger partial charge in [-0.25, -0.2) is 10.4 Å². The standard InChI is InChI=1S/C20H30N4O2/c1-5-15-8-6-9-16(22-15)14(2)23-24(4)18-11-7-10-17(21)20(18,3)13-12-19(25)26/h6-10,14,18,21,23H,5,11-13H2,1-4H3,(H,25,26)/t14?,18-,20+/m1/s1. The van der Waals surface area contributed by atoms with Gasteiger partial charge >= 0.3 is 5.97 Å². The van der Waals surface area contributed by atoms with Crippen LogP contribution < -0.4 is 5.43 Å². The van der Waals surface area contributed by atoms with Crippen molar-refractivity contribution in [2.45, 2.75) is 58.5 Å². The van der Waals surface area contributed by atoms with Crippen molar-refractivity contribution in [3.05, 3.63) is 41.7 Å². The van der Waals surface area contributed by atoms with Crippen LogP contribution in [0.2, 0.25) is 0 Å². The summed E-state index contributed by atoms with van der Waals surface area (Å²) in [4.78, 5) is 15.7. The fourth-order valence-electron chi connectivity index (χ4n) is 3.60. The number of rotatable bonds is 8. The summed E-state index contributed by atoms with van der Waals surface area (Å²) in [5.74, 6) is -0.822. The van der Waals surface area contributed by atoms with Gasteiger partial charge in [0.05, 0.1) is 11.7 Å².